The molecule has 16 heavy (non-hydrogen) atoms. The van der Waals surface area contributed by atoms with Gasteiger partial charge in [0, 0.05) is 12.3 Å². The summed E-state index contributed by atoms with van der Waals surface area (Å²) in [5, 5.41) is 0. The minimum Gasteiger partial charge on any atom is -0.460 e. The summed E-state index contributed by atoms with van der Waals surface area (Å²) in [6, 6.07) is -0.562. The first-order valence-electron chi connectivity index (χ1n) is 5.64. The highest BCUT2D eigenvalue weighted by atomic mass is 16.6. The normalized spacial score (nSPS) is 13.7. The molecule has 0 amide bonds. The largest absolute Gasteiger partial charge is 0.460 e. The molecule has 0 saturated carbocycles. The Bertz CT molecular complexity index is 253. The molecule has 0 aromatic rings. The lowest BCUT2D eigenvalue weighted by Crippen LogP contribution is -2.34. The Hall–Kier alpha value is -0.900. The van der Waals surface area contributed by atoms with Gasteiger partial charge in [0.1, 0.15) is 5.60 Å². The third kappa shape index (κ3) is 6.56. The van der Waals surface area contributed by atoms with Crippen LogP contribution >= 0.6 is 0 Å². The van der Waals surface area contributed by atoms with Crippen LogP contribution in [0.1, 0.15) is 47.5 Å². The molecule has 0 fully saturated rings. The molecule has 0 spiro atoms. The lowest BCUT2D eigenvalue weighted by molar-refractivity contribution is -0.155. The van der Waals surface area contributed by atoms with Crippen molar-refractivity contribution < 1.29 is 14.3 Å². The molecule has 0 aliphatic rings. The first-order valence-corrected chi connectivity index (χ1v) is 5.64. The van der Waals surface area contributed by atoms with Crippen molar-refractivity contribution in [1.82, 2.24) is 0 Å². The first-order chi connectivity index (χ1) is 7.13. The Morgan fingerprint density at radius 2 is 1.75 bits per heavy atom. The van der Waals surface area contributed by atoms with Gasteiger partial charge in [-0.15, -0.1) is 0 Å². The predicted molar refractivity (Wildman–Crippen MR) is 62.9 cm³/mol. The van der Waals surface area contributed by atoms with Gasteiger partial charge in [0.05, 0.1) is 6.04 Å². The minimum absolute atomic E-state index is 0.0106. The fourth-order valence-corrected chi connectivity index (χ4v) is 1.24. The number of carbonyl (C=O) groups is 2. The SMILES string of the molecule is CC(C)C(=O)[C@H](N)CCC(=O)OC(C)(C)C. The van der Waals surface area contributed by atoms with Crippen LogP contribution in [0.3, 0.4) is 0 Å². The van der Waals surface area contributed by atoms with Crippen molar-refractivity contribution in [1.29, 1.82) is 0 Å². The molecule has 0 saturated heterocycles. The average molecular weight is 229 g/mol. The fourth-order valence-electron chi connectivity index (χ4n) is 1.24. The third-order valence-corrected chi connectivity index (χ3v) is 2.01. The van der Waals surface area contributed by atoms with Crippen molar-refractivity contribution in [3.05, 3.63) is 0 Å². The molecule has 0 aromatic carbocycles. The molecule has 0 bridgehead atoms. The maximum Gasteiger partial charge on any atom is 0.306 e. The van der Waals surface area contributed by atoms with Crippen LogP contribution in [0.4, 0.5) is 0 Å². The highest BCUT2D eigenvalue weighted by Crippen LogP contribution is 2.10. The fraction of sp³-hybridized carbons (Fsp3) is 0.833. The van der Waals surface area contributed by atoms with Crippen molar-refractivity contribution in [2.75, 3.05) is 0 Å². The number of esters is 1. The molecule has 0 aliphatic heterocycles. The van der Waals surface area contributed by atoms with E-state index >= 15 is 0 Å². The van der Waals surface area contributed by atoms with Crippen LogP contribution < -0.4 is 5.73 Å². The van der Waals surface area contributed by atoms with Crippen molar-refractivity contribution in [3.8, 4) is 0 Å². The summed E-state index contributed by atoms with van der Waals surface area (Å²) in [6.07, 6.45) is 0.544. The Morgan fingerprint density at radius 1 is 1.25 bits per heavy atom. The summed E-state index contributed by atoms with van der Waals surface area (Å²) >= 11 is 0. The summed E-state index contributed by atoms with van der Waals surface area (Å²) in [5.41, 5.74) is 5.19. The smallest absolute Gasteiger partial charge is 0.306 e. The topological polar surface area (TPSA) is 69.4 Å². The minimum atomic E-state index is -0.562. The van der Waals surface area contributed by atoms with E-state index in [-0.39, 0.29) is 24.1 Å². The Kier molecular flexibility index (Phi) is 5.65. The monoisotopic (exact) mass is 229 g/mol. The molecule has 0 aromatic heterocycles. The van der Waals surface area contributed by atoms with Crippen LogP contribution in [0.5, 0.6) is 0 Å². The zero-order valence-corrected chi connectivity index (χ0v) is 10.9. The second-order valence-electron chi connectivity index (χ2n) is 5.29. The highest BCUT2D eigenvalue weighted by molar-refractivity contribution is 5.86. The molecular weight excluding hydrogens is 206 g/mol. The average Bonchev–Trinajstić information content (AvgIpc) is 2.09. The van der Waals surface area contributed by atoms with Gasteiger partial charge in [-0.2, -0.15) is 0 Å². The molecular formula is C12H23NO3. The third-order valence-electron chi connectivity index (χ3n) is 2.01. The number of hydrogen-bond donors (Lipinski definition) is 1. The molecule has 0 unspecified atom stereocenters. The first kappa shape index (κ1) is 15.1. The van der Waals surface area contributed by atoms with Gasteiger partial charge in [0.15, 0.2) is 5.78 Å². The van der Waals surface area contributed by atoms with Crippen LogP contribution in [0, 0.1) is 5.92 Å². The lowest BCUT2D eigenvalue weighted by atomic mass is 9.99. The van der Waals surface area contributed by atoms with Crippen LogP contribution in [-0.2, 0) is 14.3 Å². The molecule has 2 N–H and O–H groups in total. The van der Waals surface area contributed by atoms with Gasteiger partial charge in [-0.05, 0) is 27.2 Å². The quantitative estimate of drug-likeness (QED) is 0.728. The van der Waals surface area contributed by atoms with Crippen molar-refractivity contribution in [2.24, 2.45) is 11.7 Å². The Labute approximate surface area is 97.5 Å². The molecule has 94 valence electrons. The van der Waals surface area contributed by atoms with Gasteiger partial charge in [-0.3, -0.25) is 9.59 Å². The second-order valence-corrected chi connectivity index (χ2v) is 5.29. The number of nitrogens with two attached hydrogens (primary N) is 1. The van der Waals surface area contributed by atoms with E-state index in [1.54, 1.807) is 13.8 Å². The number of rotatable bonds is 5. The molecule has 4 heteroatoms. The van der Waals surface area contributed by atoms with E-state index in [2.05, 4.69) is 0 Å². The lowest BCUT2D eigenvalue weighted by Gasteiger charge is -2.20. The Morgan fingerprint density at radius 3 is 2.12 bits per heavy atom. The molecule has 4 nitrogen and oxygen atoms in total. The summed E-state index contributed by atoms with van der Waals surface area (Å²) in [5.74, 6) is -0.406. The summed E-state index contributed by atoms with van der Waals surface area (Å²) in [7, 11) is 0. The molecule has 0 radical (unpaired) electrons. The predicted octanol–water partition coefficient (Wildman–Crippen LogP) is 1.66. The van der Waals surface area contributed by atoms with Crippen molar-refractivity contribution in [3.63, 3.8) is 0 Å². The van der Waals surface area contributed by atoms with Gasteiger partial charge in [-0.25, -0.2) is 0 Å². The molecule has 0 aliphatic carbocycles. The maximum absolute atomic E-state index is 11.5. The van der Waals surface area contributed by atoms with Gasteiger partial charge >= 0.3 is 5.97 Å². The summed E-state index contributed by atoms with van der Waals surface area (Å²) < 4.78 is 5.12. The van der Waals surface area contributed by atoms with Gasteiger partial charge in [0.25, 0.3) is 0 Å². The van der Waals surface area contributed by atoms with Gasteiger partial charge in [-0.1, -0.05) is 13.8 Å². The standard InChI is InChI=1S/C12H23NO3/c1-8(2)11(15)9(13)6-7-10(14)16-12(3,4)5/h8-9H,6-7,13H2,1-5H3/t9-/m1/s1. The van der Waals surface area contributed by atoms with E-state index in [0.717, 1.165) is 0 Å². The van der Waals surface area contributed by atoms with E-state index < -0.39 is 11.6 Å². The molecule has 0 rings (SSSR count). The van der Waals surface area contributed by atoms with Crippen LogP contribution in [-0.4, -0.2) is 23.4 Å². The number of carbonyl (C=O) groups excluding carboxylic acids is 2. The summed E-state index contributed by atoms with van der Waals surface area (Å²) in [4.78, 5) is 22.8. The highest BCUT2D eigenvalue weighted by Gasteiger charge is 2.20. The van der Waals surface area contributed by atoms with Gasteiger partial charge < -0.3 is 10.5 Å². The zero-order chi connectivity index (χ0) is 12.9. The Balaban J connectivity index is 3.98. The number of Topliss-reactive ketones (excluding diaryl/α,β-unsaturated/α-hetero) is 1. The number of ketones is 1. The molecule has 1 atom stereocenters. The zero-order valence-electron chi connectivity index (χ0n) is 10.9. The van der Waals surface area contributed by atoms with E-state index in [4.69, 9.17) is 10.5 Å². The number of hydrogen-bond acceptors (Lipinski definition) is 4. The van der Waals surface area contributed by atoms with Crippen LogP contribution in [0.2, 0.25) is 0 Å². The number of ether oxygens (including phenoxy) is 1. The van der Waals surface area contributed by atoms with Gasteiger partial charge in [0.2, 0.25) is 0 Å². The molecule has 0 heterocycles. The van der Waals surface area contributed by atoms with Crippen LogP contribution in [0.25, 0.3) is 0 Å². The van der Waals surface area contributed by atoms with Crippen LogP contribution in [0.15, 0.2) is 0 Å². The van der Waals surface area contributed by atoms with Crippen molar-refractivity contribution >= 4 is 11.8 Å². The van der Waals surface area contributed by atoms with E-state index in [9.17, 15) is 9.59 Å². The van der Waals surface area contributed by atoms with E-state index in [0.29, 0.717) is 6.42 Å². The summed E-state index contributed by atoms with van der Waals surface area (Å²) in [6.45, 7) is 9.03. The second kappa shape index (κ2) is 5.99. The van der Waals surface area contributed by atoms with Crippen molar-refractivity contribution in [2.45, 2.75) is 59.1 Å². The van der Waals surface area contributed by atoms with E-state index in [1.165, 1.54) is 0 Å². The van der Waals surface area contributed by atoms with E-state index in [1.807, 2.05) is 20.8 Å². The maximum atomic E-state index is 11.5.